The van der Waals surface area contributed by atoms with Gasteiger partial charge in [0.25, 0.3) is 0 Å². The highest BCUT2D eigenvalue weighted by Crippen LogP contribution is 2.36. The van der Waals surface area contributed by atoms with Gasteiger partial charge in [-0.1, -0.05) is 24.3 Å². The molecule has 2 aromatic rings. The number of amides is 2. The van der Waals surface area contributed by atoms with Gasteiger partial charge in [0.15, 0.2) is 0 Å². The number of nitrogens with one attached hydrogen (secondary N) is 2. The van der Waals surface area contributed by atoms with E-state index in [-0.39, 0.29) is 24.3 Å². The Hall–Kier alpha value is -3.28. The summed E-state index contributed by atoms with van der Waals surface area (Å²) in [5.41, 5.74) is 3.78. The number of rotatable bonds is 8. The highest BCUT2D eigenvalue weighted by atomic mass is 19.1. The number of hydrogen-bond acceptors (Lipinski definition) is 5. The molecule has 4 atom stereocenters. The van der Waals surface area contributed by atoms with Crippen LogP contribution in [0.15, 0.2) is 36.4 Å². The van der Waals surface area contributed by atoms with Crippen LogP contribution in [-0.2, 0) is 22.4 Å². The molecule has 0 unspecified atom stereocenters. The van der Waals surface area contributed by atoms with Crippen molar-refractivity contribution in [2.75, 3.05) is 32.1 Å². The number of carbonyl (C=O) groups is 2. The molecule has 188 valence electrons. The van der Waals surface area contributed by atoms with Gasteiger partial charge in [0, 0.05) is 31.2 Å². The summed E-state index contributed by atoms with van der Waals surface area (Å²) >= 11 is 0. The second-order valence-corrected chi connectivity index (χ2v) is 10.5. The van der Waals surface area contributed by atoms with E-state index >= 15 is 4.39 Å². The first-order valence-electron chi connectivity index (χ1n) is 12.6. The Kier molecular flexibility index (Phi) is 6.78. The number of fused-ring (bicyclic) bond motifs is 3. The molecule has 0 radical (unpaired) electrons. The largest absolute Gasteiger partial charge is 0.339 e. The molecule has 1 saturated heterocycles. The molecule has 2 amide bonds. The molecule has 3 aliphatic rings. The summed E-state index contributed by atoms with van der Waals surface area (Å²) in [6, 6.07) is 12.2. The van der Waals surface area contributed by atoms with Crippen molar-refractivity contribution in [3.8, 4) is 17.2 Å². The molecular formula is C28H32FN5O2. The van der Waals surface area contributed by atoms with Crippen molar-refractivity contribution in [3.63, 3.8) is 0 Å². The van der Waals surface area contributed by atoms with Gasteiger partial charge in [-0.3, -0.25) is 9.59 Å². The van der Waals surface area contributed by atoms with Crippen molar-refractivity contribution < 1.29 is 14.0 Å². The molecule has 2 N–H and O–H groups in total. The SMILES string of the molecule is CN(C)CCN1C(=O)Cc2ccc(-c3ccc(C[C@@H](C#N)NC(=O)[C@H]4N[C@@H]5CC[C@H]4C5)c(F)c3)cc21. The van der Waals surface area contributed by atoms with Crippen LogP contribution < -0.4 is 15.5 Å². The number of piperidine rings is 1. The molecule has 2 heterocycles. The van der Waals surface area contributed by atoms with Crippen molar-refractivity contribution in [1.29, 1.82) is 5.26 Å². The van der Waals surface area contributed by atoms with Crippen molar-refractivity contribution >= 4 is 17.5 Å². The molecule has 2 aliphatic heterocycles. The fourth-order valence-electron chi connectivity index (χ4n) is 5.74. The first-order valence-corrected chi connectivity index (χ1v) is 12.6. The molecule has 0 aromatic heterocycles. The first kappa shape index (κ1) is 24.4. The second-order valence-electron chi connectivity index (χ2n) is 10.5. The quantitative estimate of drug-likeness (QED) is 0.595. The van der Waals surface area contributed by atoms with Crippen molar-refractivity contribution in [3.05, 3.63) is 53.3 Å². The fourth-order valence-corrected chi connectivity index (χ4v) is 5.74. The number of hydrogen-bond donors (Lipinski definition) is 2. The van der Waals surface area contributed by atoms with Gasteiger partial charge in [0.05, 0.1) is 18.5 Å². The third-order valence-corrected chi connectivity index (χ3v) is 7.71. The highest BCUT2D eigenvalue weighted by molar-refractivity contribution is 6.02. The van der Waals surface area contributed by atoms with Crippen molar-refractivity contribution in [1.82, 2.24) is 15.5 Å². The van der Waals surface area contributed by atoms with E-state index in [9.17, 15) is 14.9 Å². The first-order chi connectivity index (χ1) is 17.3. The van der Waals surface area contributed by atoms with E-state index in [0.717, 1.165) is 42.6 Å². The molecule has 2 bridgehead atoms. The molecule has 2 fully saturated rings. The highest BCUT2D eigenvalue weighted by Gasteiger charge is 2.43. The standard InChI is InChI=1S/C28H32FN5O2/c1-33(2)9-10-34-25-14-18(4-6-20(25)15-26(34)35)17-3-5-19(24(29)13-17)11-23(16-30)32-28(36)27-21-7-8-22(12-21)31-27/h3-6,13-14,21-23,27,31H,7-12,15H2,1-2H3,(H,32,36)/t21-,22+,23-,27-/m0/s1. The van der Waals surface area contributed by atoms with E-state index in [1.165, 1.54) is 6.07 Å². The normalized spacial score (nSPS) is 23.1. The Morgan fingerprint density at radius 2 is 2.03 bits per heavy atom. The Morgan fingerprint density at radius 1 is 1.25 bits per heavy atom. The Bertz CT molecular complexity index is 1220. The van der Waals surface area contributed by atoms with Gasteiger partial charge in [-0.2, -0.15) is 5.26 Å². The lowest BCUT2D eigenvalue weighted by molar-refractivity contribution is -0.124. The number of anilines is 1. The van der Waals surface area contributed by atoms with Crippen LogP contribution in [0.2, 0.25) is 0 Å². The Balaban J connectivity index is 1.28. The Morgan fingerprint density at radius 3 is 2.69 bits per heavy atom. The molecule has 1 aliphatic carbocycles. The third-order valence-electron chi connectivity index (χ3n) is 7.71. The summed E-state index contributed by atoms with van der Waals surface area (Å²) in [5, 5.41) is 15.7. The lowest BCUT2D eigenvalue weighted by Crippen LogP contribution is -2.50. The molecule has 7 nitrogen and oxygen atoms in total. The summed E-state index contributed by atoms with van der Waals surface area (Å²) in [5.74, 6) is -0.180. The minimum atomic E-state index is -0.796. The smallest absolute Gasteiger partial charge is 0.238 e. The van der Waals surface area contributed by atoms with E-state index in [1.54, 1.807) is 11.0 Å². The van der Waals surface area contributed by atoms with Gasteiger partial charge < -0.3 is 20.4 Å². The lowest BCUT2D eigenvalue weighted by Gasteiger charge is -2.23. The van der Waals surface area contributed by atoms with Gasteiger partial charge >= 0.3 is 0 Å². The van der Waals surface area contributed by atoms with E-state index in [4.69, 9.17) is 0 Å². The fraction of sp³-hybridized carbons (Fsp3) is 0.464. The van der Waals surface area contributed by atoms with Gasteiger partial charge in [-0.05, 0) is 73.7 Å². The summed E-state index contributed by atoms with van der Waals surface area (Å²) in [4.78, 5) is 29.0. The van der Waals surface area contributed by atoms with Crippen molar-refractivity contribution in [2.45, 2.75) is 50.2 Å². The average molecular weight is 490 g/mol. The zero-order valence-corrected chi connectivity index (χ0v) is 20.8. The molecule has 8 heteroatoms. The van der Waals surface area contributed by atoms with Crippen molar-refractivity contribution in [2.24, 2.45) is 5.92 Å². The minimum absolute atomic E-state index is 0.0794. The van der Waals surface area contributed by atoms with Crippen LogP contribution in [0, 0.1) is 23.1 Å². The second kappa shape index (κ2) is 10.00. The van der Waals surface area contributed by atoms with Gasteiger partial charge in [-0.25, -0.2) is 4.39 Å². The summed E-state index contributed by atoms with van der Waals surface area (Å²) in [6.45, 7) is 1.36. The molecular weight excluding hydrogens is 457 g/mol. The topological polar surface area (TPSA) is 88.5 Å². The van der Waals surface area contributed by atoms with Crippen LogP contribution in [0.3, 0.4) is 0 Å². The molecule has 5 rings (SSSR count). The predicted octanol–water partition coefficient (Wildman–Crippen LogP) is 2.63. The third kappa shape index (κ3) is 4.86. The number of nitriles is 1. The maximum absolute atomic E-state index is 15.1. The van der Waals surface area contributed by atoms with E-state index in [2.05, 4.69) is 16.7 Å². The summed E-state index contributed by atoms with van der Waals surface area (Å²) < 4.78 is 15.1. The van der Waals surface area contributed by atoms with Crippen LogP contribution in [-0.4, -0.2) is 62.0 Å². The van der Waals surface area contributed by atoms with Crippen LogP contribution in [0.4, 0.5) is 10.1 Å². The number of likely N-dealkylation sites (N-methyl/N-ethyl adjacent to an activating group) is 1. The molecule has 2 aromatic carbocycles. The maximum atomic E-state index is 15.1. The molecule has 36 heavy (non-hydrogen) atoms. The Labute approximate surface area is 211 Å². The number of halogens is 1. The van der Waals surface area contributed by atoms with Crippen LogP contribution in [0.5, 0.6) is 0 Å². The van der Waals surface area contributed by atoms with Crippen LogP contribution in [0.25, 0.3) is 11.1 Å². The van der Waals surface area contributed by atoms with E-state index in [0.29, 0.717) is 36.1 Å². The van der Waals surface area contributed by atoms with E-state index < -0.39 is 11.9 Å². The predicted molar refractivity (Wildman–Crippen MR) is 136 cm³/mol. The number of nitrogens with zero attached hydrogens (tertiary/aromatic N) is 3. The number of carbonyl (C=O) groups excluding carboxylic acids is 2. The molecule has 0 spiro atoms. The zero-order chi connectivity index (χ0) is 25.4. The monoisotopic (exact) mass is 489 g/mol. The lowest BCUT2D eigenvalue weighted by atomic mass is 9.97. The van der Waals surface area contributed by atoms with E-state index in [1.807, 2.05) is 43.3 Å². The summed E-state index contributed by atoms with van der Waals surface area (Å²) in [6.07, 6.45) is 3.63. The molecule has 1 saturated carbocycles. The van der Waals surface area contributed by atoms with Crippen LogP contribution >= 0.6 is 0 Å². The van der Waals surface area contributed by atoms with Gasteiger partial charge in [-0.15, -0.1) is 0 Å². The van der Waals surface area contributed by atoms with Gasteiger partial charge in [0.1, 0.15) is 11.9 Å². The zero-order valence-electron chi connectivity index (χ0n) is 20.8. The van der Waals surface area contributed by atoms with Gasteiger partial charge in [0.2, 0.25) is 11.8 Å². The number of benzene rings is 2. The minimum Gasteiger partial charge on any atom is -0.339 e. The summed E-state index contributed by atoms with van der Waals surface area (Å²) in [7, 11) is 3.94. The average Bonchev–Trinajstić information content (AvgIpc) is 3.57. The van der Waals surface area contributed by atoms with Crippen LogP contribution in [0.1, 0.15) is 30.4 Å². The maximum Gasteiger partial charge on any atom is 0.238 e.